The predicted molar refractivity (Wildman–Crippen MR) is 67.5 cm³/mol. The highest BCUT2D eigenvalue weighted by Gasteiger charge is 2.41. The minimum atomic E-state index is 0.882. The molecule has 1 aliphatic carbocycles. The molecule has 2 bridgehead atoms. The summed E-state index contributed by atoms with van der Waals surface area (Å²) in [7, 11) is 2.30. The van der Waals surface area contributed by atoms with Gasteiger partial charge >= 0.3 is 0 Å². The lowest BCUT2D eigenvalue weighted by Crippen LogP contribution is -2.46. The molecule has 2 aliphatic heterocycles. The van der Waals surface area contributed by atoms with E-state index in [-0.39, 0.29) is 0 Å². The molecule has 0 spiro atoms. The monoisotopic (exact) mass is 222 g/mol. The Morgan fingerprint density at radius 1 is 1.00 bits per heavy atom. The number of fused-ring (bicyclic) bond motifs is 2. The summed E-state index contributed by atoms with van der Waals surface area (Å²) in [6.07, 6.45) is 7.38. The van der Waals surface area contributed by atoms with E-state index in [1.54, 1.807) is 0 Å². The number of likely N-dealkylation sites (N-methyl/N-ethyl adjacent to an activating group) is 1. The van der Waals surface area contributed by atoms with Gasteiger partial charge in [0.2, 0.25) is 0 Å². The van der Waals surface area contributed by atoms with E-state index in [0.29, 0.717) is 0 Å². The van der Waals surface area contributed by atoms with Crippen LogP contribution in [0.2, 0.25) is 0 Å². The molecule has 1 saturated carbocycles. The average molecular weight is 222 g/mol. The Kier molecular flexibility index (Phi) is 2.97. The molecular formula is C14H26N2. The maximum atomic E-state index is 2.80. The van der Waals surface area contributed by atoms with E-state index in [0.717, 1.165) is 23.9 Å². The van der Waals surface area contributed by atoms with Crippen LogP contribution in [0, 0.1) is 11.8 Å². The molecule has 2 heterocycles. The molecule has 0 aromatic carbocycles. The Bertz CT molecular complexity index is 243. The largest absolute Gasteiger partial charge is 0.301 e. The minimum Gasteiger partial charge on any atom is -0.301 e. The number of likely N-dealkylation sites (tertiary alicyclic amines) is 2. The van der Waals surface area contributed by atoms with Crippen LogP contribution in [0.25, 0.3) is 0 Å². The second kappa shape index (κ2) is 4.30. The smallest absolute Gasteiger partial charge is 0.0239 e. The van der Waals surface area contributed by atoms with E-state index in [1.165, 1.54) is 51.7 Å². The van der Waals surface area contributed by atoms with Gasteiger partial charge in [0.05, 0.1) is 0 Å². The van der Waals surface area contributed by atoms with Crippen LogP contribution >= 0.6 is 0 Å². The molecule has 2 nitrogen and oxygen atoms in total. The molecule has 3 rings (SSSR count). The van der Waals surface area contributed by atoms with Gasteiger partial charge in [-0.2, -0.15) is 0 Å². The van der Waals surface area contributed by atoms with Crippen LogP contribution in [0.15, 0.2) is 0 Å². The first kappa shape index (κ1) is 11.0. The molecule has 0 aromatic heterocycles. The molecule has 2 saturated heterocycles. The zero-order valence-electron chi connectivity index (χ0n) is 10.9. The highest BCUT2D eigenvalue weighted by atomic mass is 15.3. The van der Waals surface area contributed by atoms with Crippen molar-refractivity contribution in [1.82, 2.24) is 9.80 Å². The van der Waals surface area contributed by atoms with Crippen LogP contribution in [-0.4, -0.2) is 48.6 Å². The van der Waals surface area contributed by atoms with Crippen molar-refractivity contribution in [2.24, 2.45) is 11.8 Å². The summed E-state index contributed by atoms with van der Waals surface area (Å²) in [6.45, 7) is 6.51. The molecule has 3 fully saturated rings. The molecule has 2 atom stereocenters. The second-order valence-corrected chi connectivity index (χ2v) is 6.56. The van der Waals surface area contributed by atoms with E-state index in [2.05, 4.69) is 23.8 Å². The lowest BCUT2D eigenvalue weighted by Gasteiger charge is -2.36. The van der Waals surface area contributed by atoms with Gasteiger partial charge in [0, 0.05) is 31.7 Å². The zero-order valence-corrected chi connectivity index (χ0v) is 10.9. The Balaban J connectivity index is 1.50. The fourth-order valence-electron chi connectivity index (χ4n) is 4.02. The summed E-state index contributed by atoms with van der Waals surface area (Å²) >= 11 is 0. The van der Waals surface area contributed by atoms with Gasteiger partial charge in [-0.1, -0.05) is 19.8 Å². The molecule has 2 heteroatoms. The third-order valence-corrected chi connectivity index (χ3v) is 5.26. The lowest BCUT2D eigenvalue weighted by atomic mass is 9.82. The second-order valence-electron chi connectivity index (χ2n) is 6.56. The van der Waals surface area contributed by atoms with E-state index < -0.39 is 0 Å². The first-order valence-electron chi connectivity index (χ1n) is 7.16. The summed E-state index contributed by atoms with van der Waals surface area (Å²) in [5.41, 5.74) is 0. The normalized spacial score (nSPS) is 45.4. The van der Waals surface area contributed by atoms with Crippen LogP contribution in [0.5, 0.6) is 0 Å². The number of hydrogen-bond acceptors (Lipinski definition) is 2. The van der Waals surface area contributed by atoms with Gasteiger partial charge in [-0.25, -0.2) is 0 Å². The van der Waals surface area contributed by atoms with Gasteiger partial charge in [0.25, 0.3) is 0 Å². The van der Waals surface area contributed by atoms with E-state index in [1.807, 2.05) is 0 Å². The molecule has 16 heavy (non-hydrogen) atoms. The van der Waals surface area contributed by atoms with Crippen LogP contribution in [0.3, 0.4) is 0 Å². The highest BCUT2D eigenvalue weighted by molar-refractivity contribution is 4.98. The SMILES string of the molecule is CC1CCC(CN2CC3CC2CN3C)CC1. The van der Waals surface area contributed by atoms with Crippen molar-refractivity contribution in [3.8, 4) is 0 Å². The van der Waals surface area contributed by atoms with Gasteiger partial charge < -0.3 is 4.90 Å². The third-order valence-electron chi connectivity index (χ3n) is 5.26. The minimum absolute atomic E-state index is 0.882. The third kappa shape index (κ3) is 2.02. The van der Waals surface area contributed by atoms with Gasteiger partial charge in [-0.15, -0.1) is 0 Å². The Morgan fingerprint density at radius 3 is 2.31 bits per heavy atom. The molecule has 2 unspecified atom stereocenters. The summed E-state index contributed by atoms with van der Waals surface area (Å²) in [5, 5.41) is 0. The van der Waals surface area contributed by atoms with Crippen molar-refractivity contribution in [1.29, 1.82) is 0 Å². The topological polar surface area (TPSA) is 6.48 Å². The molecule has 0 N–H and O–H groups in total. The predicted octanol–water partition coefficient (Wildman–Crippen LogP) is 2.20. The number of nitrogens with zero attached hydrogens (tertiary/aromatic N) is 2. The van der Waals surface area contributed by atoms with E-state index in [4.69, 9.17) is 0 Å². The van der Waals surface area contributed by atoms with Crippen LogP contribution < -0.4 is 0 Å². The molecule has 92 valence electrons. The van der Waals surface area contributed by atoms with Crippen molar-refractivity contribution >= 4 is 0 Å². The fourth-order valence-corrected chi connectivity index (χ4v) is 4.02. The summed E-state index contributed by atoms with van der Waals surface area (Å²) < 4.78 is 0. The summed E-state index contributed by atoms with van der Waals surface area (Å²) in [6, 6.07) is 1.78. The van der Waals surface area contributed by atoms with Crippen molar-refractivity contribution in [2.45, 2.75) is 51.1 Å². The van der Waals surface area contributed by atoms with E-state index in [9.17, 15) is 0 Å². The Hall–Kier alpha value is -0.0800. The fraction of sp³-hybridized carbons (Fsp3) is 1.00. The Morgan fingerprint density at radius 2 is 1.75 bits per heavy atom. The Labute approximate surface area is 100.0 Å². The maximum absolute atomic E-state index is 2.80. The van der Waals surface area contributed by atoms with Gasteiger partial charge in [0.1, 0.15) is 0 Å². The molecule has 0 radical (unpaired) electrons. The first-order chi connectivity index (χ1) is 7.72. The number of piperazine rings is 1. The van der Waals surface area contributed by atoms with E-state index >= 15 is 0 Å². The molecular weight excluding hydrogens is 196 g/mol. The summed E-state index contributed by atoms with van der Waals surface area (Å²) in [4.78, 5) is 5.36. The first-order valence-corrected chi connectivity index (χ1v) is 7.16. The van der Waals surface area contributed by atoms with Crippen molar-refractivity contribution in [3.05, 3.63) is 0 Å². The molecule has 3 aliphatic rings. The van der Waals surface area contributed by atoms with Gasteiger partial charge in [-0.05, 0) is 38.1 Å². The van der Waals surface area contributed by atoms with Gasteiger partial charge in [0.15, 0.2) is 0 Å². The highest BCUT2D eigenvalue weighted by Crippen LogP contribution is 2.34. The quantitative estimate of drug-likeness (QED) is 0.707. The van der Waals surface area contributed by atoms with Crippen LogP contribution in [0.1, 0.15) is 39.0 Å². The van der Waals surface area contributed by atoms with Gasteiger partial charge in [-0.3, -0.25) is 4.90 Å². The molecule has 0 amide bonds. The summed E-state index contributed by atoms with van der Waals surface area (Å²) in [5.74, 6) is 2.01. The van der Waals surface area contributed by atoms with Crippen molar-refractivity contribution in [3.63, 3.8) is 0 Å². The maximum Gasteiger partial charge on any atom is 0.0239 e. The lowest BCUT2D eigenvalue weighted by molar-refractivity contribution is 0.116. The molecule has 0 aromatic rings. The number of hydrogen-bond donors (Lipinski definition) is 0. The van der Waals surface area contributed by atoms with Crippen molar-refractivity contribution < 1.29 is 0 Å². The zero-order chi connectivity index (χ0) is 11.1. The standard InChI is InChI=1S/C14H26N2/c1-11-3-5-12(6-4-11)8-16-10-13-7-14(16)9-15(13)2/h11-14H,3-10H2,1-2H3. The van der Waals surface area contributed by atoms with Crippen LogP contribution in [-0.2, 0) is 0 Å². The van der Waals surface area contributed by atoms with Crippen LogP contribution in [0.4, 0.5) is 0 Å². The average Bonchev–Trinajstić information content (AvgIpc) is 2.80. The number of rotatable bonds is 2. The van der Waals surface area contributed by atoms with Crippen molar-refractivity contribution in [2.75, 3.05) is 26.7 Å².